The first kappa shape index (κ1) is 14.6. The fourth-order valence-corrected chi connectivity index (χ4v) is 2.35. The molecule has 0 saturated carbocycles. The van der Waals surface area contributed by atoms with Crippen LogP contribution >= 0.6 is 11.6 Å². The van der Waals surface area contributed by atoms with E-state index in [-0.39, 0.29) is 23.6 Å². The van der Waals surface area contributed by atoms with Crippen molar-refractivity contribution in [3.63, 3.8) is 0 Å². The Morgan fingerprint density at radius 1 is 1.35 bits per heavy atom. The Balaban J connectivity index is 2.49. The van der Waals surface area contributed by atoms with Crippen LogP contribution in [-0.2, 0) is 15.8 Å². The molecule has 0 spiro atoms. The number of alkyl halides is 3. The number of amides is 1. The van der Waals surface area contributed by atoms with E-state index in [2.05, 4.69) is 0 Å². The average Bonchev–Trinajstić information content (AvgIpc) is 2.69. The lowest BCUT2D eigenvalue weighted by molar-refractivity contribution is -0.139. The van der Waals surface area contributed by atoms with Crippen LogP contribution in [0, 0.1) is 0 Å². The first-order valence-electron chi connectivity index (χ1n) is 5.63. The lowest BCUT2D eigenvalue weighted by atomic mass is 10.1. The third-order valence-corrected chi connectivity index (χ3v) is 3.20. The van der Waals surface area contributed by atoms with Crippen molar-refractivity contribution in [3.05, 3.63) is 28.8 Å². The highest BCUT2D eigenvalue weighted by molar-refractivity contribution is 6.31. The fraction of sp³-hybridized carbons (Fsp3) is 0.333. The number of carboxylic acids is 1. The van der Waals surface area contributed by atoms with Crippen molar-refractivity contribution in [1.29, 1.82) is 0 Å². The van der Waals surface area contributed by atoms with E-state index in [0.29, 0.717) is 0 Å². The van der Waals surface area contributed by atoms with Gasteiger partial charge >= 0.3 is 12.1 Å². The number of benzene rings is 1. The number of carboxylic acid groups (broad SMARTS) is 1. The molecular formula is C12H9ClF3NO3. The van der Waals surface area contributed by atoms with Crippen LogP contribution in [0.1, 0.15) is 18.4 Å². The number of carbonyl (C=O) groups excluding carboxylic acids is 1. The number of hydrogen-bond donors (Lipinski definition) is 1. The van der Waals surface area contributed by atoms with Gasteiger partial charge in [0.1, 0.15) is 6.04 Å². The summed E-state index contributed by atoms with van der Waals surface area (Å²) in [4.78, 5) is 23.6. The zero-order valence-corrected chi connectivity index (χ0v) is 10.7. The molecule has 1 aromatic rings. The summed E-state index contributed by atoms with van der Waals surface area (Å²) < 4.78 is 38.1. The van der Waals surface area contributed by atoms with E-state index < -0.39 is 29.7 Å². The van der Waals surface area contributed by atoms with Crippen LogP contribution < -0.4 is 4.90 Å². The minimum atomic E-state index is -4.62. The molecule has 1 aliphatic heterocycles. The number of anilines is 1. The van der Waals surface area contributed by atoms with Crippen molar-refractivity contribution in [1.82, 2.24) is 0 Å². The van der Waals surface area contributed by atoms with E-state index in [9.17, 15) is 22.8 Å². The van der Waals surface area contributed by atoms with Crippen LogP contribution in [0.4, 0.5) is 18.9 Å². The molecule has 1 unspecified atom stereocenters. The SMILES string of the molecule is O=C(O)C1CCC(=O)N1c1cc(Cl)cc(C(F)(F)F)c1. The second kappa shape index (κ2) is 4.97. The predicted molar refractivity (Wildman–Crippen MR) is 64.6 cm³/mol. The van der Waals surface area contributed by atoms with Gasteiger partial charge in [0.15, 0.2) is 0 Å². The van der Waals surface area contributed by atoms with Crippen molar-refractivity contribution in [2.45, 2.75) is 25.1 Å². The molecule has 2 rings (SSSR count). The van der Waals surface area contributed by atoms with Gasteiger partial charge in [0.05, 0.1) is 5.56 Å². The van der Waals surface area contributed by atoms with Crippen LogP contribution in [0.5, 0.6) is 0 Å². The van der Waals surface area contributed by atoms with Crippen molar-refractivity contribution in [2.24, 2.45) is 0 Å². The Bertz CT molecular complexity index is 574. The molecule has 20 heavy (non-hydrogen) atoms. The van der Waals surface area contributed by atoms with Gasteiger partial charge < -0.3 is 5.11 Å². The molecule has 1 aliphatic rings. The minimum Gasteiger partial charge on any atom is -0.480 e. The molecule has 108 valence electrons. The molecule has 1 aromatic carbocycles. The summed E-state index contributed by atoms with van der Waals surface area (Å²) in [6.07, 6.45) is -4.59. The Labute approximate surface area is 116 Å². The third-order valence-electron chi connectivity index (χ3n) is 2.99. The van der Waals surface area contributed by atoms with Crippen LogP contribution in [0.3, 0.4) is 0 Å². The first-order chi connectivity index (χ1) is 9.20. The van der Waals surface area contributed by atoms with Gasteiger partial charge in [0.2, 0.25) is 5.91 Å². The molecule has 1 amide bonds. The summed E-state index contributed by atoms with van der Waals surface area (Å²) in [6, 6.07) is 1.43. The number of rotatable bonds is 2. The van der Waals surface area contributed by atoms with Gasteiger partial charge in [-0.3, -0.25) is 9.69 Å². The molecule has 0 aromatic heterocycles. The van der Waals surface area contributed by atoms with E-state index in [4.69, 9.17) is 16.7 Å². The maximum atomic E-state index is 12.7. The summed E-state index contributed by atoms with van der Waals surface area (Å²) >= 11 is 5.62. The van der Waals surface area contributed by atoms with Crippen molar-refractivity contribution < 1.29 is 27.9 Å². The lowest BCUT2D eigenvalue weighted by Gasteiger charge is -2.23. The highest BCUT2D eigenvalue weighted by Gasteiger charge is 2.39. The van der Waals surface area contributed by atoms with E-state index in [1.165, 1.54) is 0 Å². The van der Waals surface area contributed by atoms with Gasteiger partial charge in [0, 0.05) is 17.1 Å². The van der Waals surface area contributed by atoms with Crippen LogP contribution in [-0.4, -0.2) is 23.0 Å². The molecule has 1 saturated heterocycles. The Hall–Kier alpha value is -1.76. The Morgan fingerprint density at radius 3 is 2.55 bits per heavy atom. The second-order valence-corrected chi connectivity index (χ2v) is 4.79. The molecule has 8 heteroatoms. The summed E-state index contributed by atoms with van der Waals surface area (Å²) in [7, 11) is 0. The van der Waals surface area contributed by atoms with Gasteiger partial charge in [-0.25, -0.2) is 4.79 Å². The van der Waals surface area contributed by atoms with Gasteiger partial charge in [-0.05, 0) is 24.6 Å². The molecule has 1 fully saturated rings. The molecule has 4 nitrogen and oxygen atoms in total. The fourth-order valence-electron chi connectivity index (χ4n) is 2.12. The van der Waals surface area contributed by atoms with Gasteiger partial charge in [-0.15, -0.1) is 0 Å². The average molecular weight is 308 g/mol. The zero-order valence-electron chi connectivity index (χ0n) is 9.95. The van der Waals surface area contributed by atoms with Crippen LogP contribution in [0.15, 0.2) is 18.2 Å². The molecular weight excluding hydrogens is 299 g/mol. The van der Waals surface area contributed by atoms with E-state index in [1.807, 2.05) is 0 Å². The maximum Gasteiger partial charge on any atom is 0.416 e. The quantitative estimate of drug-likeness (QED) is 0.914. The molecule has 1 heterocycles. The third kappa shape index (κ3) is 2.72. The van der Waals surface area contributed by atoms with Gasteiger partial charge in [0.25, 0.3) is 0 Å². The van der Waals surface area contributed by atoms with Crippen molar-refractivity contribution >= 4 is 29.2 Å². The summed E-state index contributed by atoms with van der Waals surface area (Å²) in [6.45, 7) is 0. The van der Waals surface area contributed by atoms with E-state index >= 15 is 0 Å². The summed E-state index contributed by atoms with van der Waals surface area (Å²) in [5.41, 5.74) is -1.18. The second-order valence-electron chi connectivity index (χ2n) is 4.35. The zero-order chi connectivity index (χ0) is 15.1. The monoisotopic (exact) mass is 307 g/mol. The number of aliphatic carboxylic acids is 1. The lowest BCUT2D eigenvalue weighted by Crippen LogP contribution is -2.38. The maximum absolute atomic E-state index is 12.7. The standard InChI is InChI=1S/C12H9ClF3NO3/c13-7-3-6(12(14,15)16)4-8(5-7)17-9(11(19)20)1-2-10(17)18/h3-5,9H,1-2H2,(H,19,20). The van der Waals surface area contributed by atoms with E-state index in [1.54, 1.807) is 0 Å². The molecule has 1 atom stereocenters. The number of nitrogens with zero attached hydrogens (tertiary/aromatic N) is 1. The molecule has 0 bridgehead atoms. The number of carbonyl (C=O) groups is 2. The summed E-state index contributed by atoms with van der Waals surface area (Å²) in [5.74, 6) is -1.79. The molecule has 0 radical (unpaired) electrons. The Morgan fingerprint density at radius 2 is 2.00 bits per heavy atom. The van der Waals surface area contributed by atoms with Gasteiger partial charge in [-0.1, -0.05) is 11.6 Å². The largest absolute Gasteiger partial charge is 0.480 e. The number of hydrogen-bond acceptors (Lipinski definition) is 2. The van der Waals surface area contributed by atoms with Gasteiger partial charge in [-0.2, -0.15) is 13.2 Å². The predicted octanol–water partition coefficient (Wildman–Crippen LogP) is 2.94. The summed E-state index contributed by atoms with van der Waals surface area (Å²) in [5, 5.41) is 8.80. The normalized spacial score (nSPS) is 19.5. The van der Waals surface area contributed by atoms with E-state index in [0.717, 1.165) is 23.1 Å². The molecule has 1 N–H and O–H groups in total. The van der Waals surface area contributed by atoms with Crippen LogP contribution in [0.2, 0.25) is 5.02 Å². The molecule has 0 aliphatic carbocycles. The highest BCUT2D eigenvalue weighted by Crippen LogP contribution is 2.36. The smallest absolute Gasteiger partial charge is 0.416 e. The minimum absolute atomic E-state index is 0.0230. The van der Waals surface area contributed by atoms with Crippen molar-refractivity contribution in [3.8, 4) is 0 Å². The first-order valence-corrected chi connectivity index (χ1v) is 6.00. The topological polar surface area (TPSA) is 57.6 Å². The number of halogens is 4. The van der Waals surface area contributed by atoms with Crippen LogP contribution in [0.25, 0.3) is 0 Å². The highest BCUT2D eigenvalue weighted by atomic mass is 35.5. The Kier molecular flexibility index (Phi) is 3.64. The van der Waals surface area contributed by atoms with Crippen molar-refractivity contribution in [2.75, 3.05) is 4.90 Å².